The molecule has 1 heteroatoms. The third kappa shape index (κ3) is 1.28. The van der Waals surface area contributed by atoms with E-state index >= 15 is 0 Å². The molecular formula is C11H20O. The Morgan fingerprint density at radius 3 is 2.67 bits per heavy atom. The Hall–Kier alpha value is -0.0400. The first kappa shape index (κ1) is 8.55. The van der Waals surface area contributed by atoms with Gasteiger partial charge in [0.25, 0.3) is 0 Å². The highest BCUT2D eigenvalue weighted by Crippen LogP contribution is 2.52. The van der Waals surface area contributed by atoms with Crippen LogP contribution < -0.4 is 0 Å². The molecule has 0 saturated heterocycles. The van der Waals surface area contributed by atoms with Crippen LogP contribution in [-0.4, -0.2) is 11.2 Å². The molecule has 2 aliphatic rings. The lowest BCUT2D eigenvalue weighted by Crippen LogP contribution is -2.30. The zero-order chi connectivity index (χ0) is 8.77. The summed E-state index contributed by atoms with van der Waals surface area (Å²) in [6.45, 7) is 4.80. The van der Waals surface area contributed by atoms with Gasteiger partial charge in [-0.1, -0.05) is 13.8 Å². The van der Waals surface area contributed by atoms with E-state index in [1.807, 2.05) is 0 Å². The molecular weight excluding hydrogens is 148 g/mol. The molecule has 1 N–H and O–H groups in total. The second kappa shape index (κ2) is 2.73. The molecule has 0 heterocycles. The van der Waals surface area contributed by atoms with Crippen molar-refractivity contribution in [2.45, 2.75) is 52.1 Å². The molecule has 0 aromatic rings. The molecule has 1 nitrogen and oxygen atoms in total. The van der Waals surface area contributed by atoms with Crippen molar-refractivity contribution in [3.63, 3.8) is 0 Å². The Bertz CT molecular complexity index is 174. The molecule has 2 saturated carbocycles. The van der Waals surface area contributed by atoms with E-state index in [0.29, 0.717) is 5.41 Å². The van der Waals surface area contributed by atoms with Gasteiger partial charge in [0, 0.05) is 0 Å². The summed E-state index contributed by atoms with van der Waals surface area (Å²) >= 11 is 0. The van der Waals surface area contributed by atoms with Crippen LogP contribution in [0.1, 0.15) is 46.0 Å². The highest BCUT2D eigenvalue weighted by atomic mass is 16.3. The quantitative estimate of drug-likeness (QED) is 0.589. The molecule has 0 aromatic carbocycles. The van der Waals surface area contributed by atoms with Crippen molar-refractivity contribution in [2.75, 3.05) is 0 Å². The average molecular weight is 168 g/mol. The van der Waals surface area contributed by atoms with Crippen molar-refractivity contribution in [2.24, 2.45) is 17.3 Å². The topological polar surface area (TPSA) is 20.2 Å². The Labute approximate surface area is 75.2 Å². The number of aliphatic hydroxyl groups excluding tert-OH is 1. The lowest BCUT2D eigenvalue weighted by Gasteiger charge is -2.36. The predicted molar refractivity (Wildman–Crippen MR) is 49.9 cm³/mol. The number of hydrogen-bond acceptors (Lipinski definition) is 1. The fourth-order valence-corrected chi connectivity index (χ4v) is 3.33. The van der Waals surface area contributed by atoms with Crippen molar-refractivity contribution in [1.29, 1.82) is 0 Å². The SMILES string of the molecule is CC1(C)CCC2CC(O)CCC21. The Morgan fingerprint density at radius 1 is 1.17 bits per heavy atom. The molecule has 2 fully saturated rings. The Kier molecular flexibility index (Phi) is 1.95. The molecule has 0 aromatic heterocycles. The van der Waals surface area contributed by atoms with Gasteiger partial charge in [-0.25, -0.2) is 0 Å². The van der Waals surface area contributed by atoms with Crippen LogP contribution in [0.4, 0.5) is 0 Å². The summed E-state index contributed by atoms with van der Waals surface area (Å²) in [5.74, 6) is 1.74. The van der Waals surface area contributed by atoms with Gasteiger partial charge in [0.05, 0.1) is 6.10 Å². The van der Waals surface area contributed by atoms with Crippen LogP contribution in [0.25, 0.3) is 0 Å². The first-order chi connectivity index (χ1) is 5.59. The van der Waals surface area contributed by atoms with Gasteiger partial charge >= 0.3 is 0 Å². The highest BCUT2D eigenvalue weighted by Gasteiger charge is 2.44. The second-order valence-electron chi connectivity index (χ2n) is 5.36. The Morgan fingerprint density at radius 2 is 1.92 bits per heavy atom. The first-order valence-electron chi connectivity index (χ1n) is 5.28. The van der Waals surface area contributed by atoms with E-state index in [4.69, 9.17) is 0 Å². The normalized spacial score (nSPS) is 45.8. The van der Waals surface area contributed by atoms with Gasteiger partial charge in [0.2, 0.25) is 0 Å². The van der Waals surface area contributed by atoms with Gasteiger partial charge in [0.15, 0.2) is 0 Å². The fraction of sp³-hybridized carbons (Fsp3) is 1.00. The van der Waals surface area contributed by atoms with Crippen LogP contribution in [0.3, 0.4) is 0 Å². The van der Waals surface area contributed by atoms with E-state index in [1.165, 1.54) is 19.3 Å². The molecule has 12 heavy (non-hydrogen) atoms. The molecule has 2 aliphatic carbocycles. The van der Waals surface area contributed by atoms with E-state index in [9.17, 15) is 5.11 Å². The maximum atomic E-state index is 9.53. The molecule has 3 unspecified atom stereocenters. The number of aliphatic hydroxyl groups is 1. The minimum absolute atomic E-state index is 0.0140. The fourth-order valence-electron chi connectivity index (χ4n) is 3.33. The minimum atomic E-state index is 0.0140. The molecule has 0 radical (unpaired) electrons. The van der Waals surface area contributed by atoms with Crippen LogP contribution in [0, 0.1) is 17.3 Å². The van der Waals surface area contributed by atoms with Gasteiger partial charge in [-0.3, -0.25) is 0 Å². The van der Waals surface area contributed by atoms with E-state index in [-0.39, 0.29) is 6.10 Å². The van der Waals surface area contributed by atoms with Gasteiger partial charge in [0.1, 0.15) is 0 Å². The van der Waals surface area contributed by atoms with Crippen LogP contribution in [0.15, 0.2) is 0 Å². The molecule has 3 atom stereocenters. The summed E-state index contributed by atoms with van der Waals surface area (Å²) in [5, 5.41) is 9.53. The summed E-state index contributed by atoms with van der Waals surface area (Å²) < 4.78 is 0. The van der Waals surface area contributed by atoms with E-state index in [1.54, 1.807) is 0 Å². The monoisotopic (exact) mass is 168 g/mol. The lowest BCUT2D eigenvalue weighted by atomic mass is 9.71. The van der Waals surface area contributed by atoms with Crippen LogP contribution >= 0.6 is 0 Å². The van der Waals surface area contributed by atoms with Crippen molar-refractivity contribution in [1.82, 2.24) is 0 Å². The van der Waals surface area contributed by atoms with E-state index in [0.717, 1.165) is 24.7 Å². The van der Waals surface area contributed by atoms with E-state index < -0.39 is 0 Å². The smallest absolute Gasteiger partial charge is 0.0543 e. The zero-order valence-electron chi connectivity index (χ0n) is 8.21. The van der Waals surface area contributed by atoms with Crippen LogP contribution in [-0.2, 0) is 0 Å². The third-order valence-electron chi connectivity index (χ3n) is 4.12. The molecule has 2 rings (SSSR count). The highest BCUT2D eigenvalue weighted by molar-refractivity contribution is 4.94. The summed E-state index contributed by atoms with van der Waals surface area (Å²) in [6, 6.07) is 0. The van der Waals surface area contributed by atoms with Crippen molar-refractivity contribution in [3.05, 3.63) is 0 Å². The molecule has 0 amide bonds. The maximum Gasteiger partial charge on any atom is 0.0543 e. The standard InChI is InChI=1S/C11H20O/c1-11(2)6-5-8-7-9(12)3-4-10(8)11/h8-10,12H,3-7H2,1-2H3. The van der Waals surface area contributed by atoms with Crippen molar-refractivity contribution >= 4 is 0 Å². The number of fused-ring (bicyclic) bond motifs is 1. The summed E-state index contributed by atoms with van der Waals surface area (Å²) in [5.41, 5.74) is 0.560. The van der Waals surface area contributed by atoms with Gasteiger partial charge in [-0.15, -0.1) is 0 Å². The van der Waals surface area contributed by atoms with Crippen molar-refractivity contribution in [3.8, 4) is 0 Å². The zero-order valence-corrected chi connectivity index (χ0v) is 8.21. The Balaban J connectivity index is 2.08. The van der Waals surface area contributed by atoms with Crippen molar-refractivity contribution < 1.29 is 5.11 Å². The molecule has 0 aliphatic heterocycles. The first-order valence-corrected chi connectivity index (χ1v) is 5.28. The van der Waals surface area contributed by atoms with Gasteiger partial charge in [-0.05, 0) is 49.4 Å². The molecule has 0 bridgehead atoms. The average Bonchev–Trinajstić information content (AvgIpc) is 2.27. The predicted octanol–water partition coefficient (Wildman–Crippen LogP) is 2.58. The molecule has 70 valence electrons. The third-order valence-corrected chi connectivity index (χ3v) is 4.12. The maximum absolute atomic E-state index is 9.53. The minimum Gasteiger partial charge on any atom is -0.393 e. The van der Waals surface area contributed by atoms with Gasteiger partial charge < -0.3 is 5.11 Å². The summed E-state index contributed by atoms with van der Waals surface area (Å²) in [6.07, 6.45) is 6.13. The number of hydrogen-bond donors (Lipinski definition) is 1. The summed E-state index contributed by atoms with van der Waals surface area (Å²) in [7, 11) is 0. The summed E-state index contributed by atoms with van der Waals surface area (Å²) in [4.78, 5) is 0. The number of rotatable bonds is 0. The van der Waals surface area contributed by atoms with Crippen LogP contribution in [0.2, 0.25) is 0 Å². The lowest BCUT2D eigenvalue weighted by molar-refractivity contribution is 0.0541. The molecule has 0 spiro atoms. The van der Waals surface area contributed by atoms with Gasteiger partial charge in [-0.2, -0.15) is 0 Å². The van der Waals surface area contributed by atoms with E-state index in [2.05, 4.69) is 13.8 Å². The largest absolute Gasteiger partial charge is 0.393 e. The van der Waals surface area contributed by atoms with Crippen LogP contribution in [0.5, 0.6) is 0 Å². The second-order valence-corrected chi connectivity index (χ2v) is 5.36.